The molecule has 0 atom stereocenters. The van der Waals surface area contributed by atoms with Crippen molar-refractivity contribution < 1.29 is 4.79 Å². The summed E-state index contributed by atoms with van der Waals surface area (Å²) in [5, 5.41) is 0. The lowest BCUT2D eigenvalue weighted by Gasteiger charge is -2.08. The molecule has 64 valence electrons. The molecule has 0 unspecified atom stereocenters. The topological polar surface area (TPSA) is 20.3 Å². The van der Waals surface area contributed by atoms with Crippen molar-refractivity contribution in [3.05, 3.63) is 11.8 Å². The van der Waals surface area contributed by atoms with E-state index in [1.165, 1.54) is 0 Å². The van der Waals surface area contributed by atoms with Crippen molar-refractivity contribution in [2.24, 2.45) is 5.92 Å². The van der Waals surface area contributed by atoms with Crippen LogP contribution in [0.1, 0.15) is 20.8 Å². The van der Waals surface area contributed by atoms with Crippen LogP contribution in [0.15, 0.2) is 11.8 Å². The van der Waals surface area contributed by atoms with Gasteiger partial charge in [-0.3, -0.25) is 4.79 Å². The van der Waals surface area contributed by atoms with Gasteiger partial charge in [0.2, 0.25) is 0 Å². The molecule has 0 aliphatic heterocycles. The highest BCUT2D eigenvalue weighted by Gasteiger charge is 2.08. The molecule has 0 aliphatic carbocycles. The van der Waals surface area contributed by atoms with Gasteiger partial charge in [-0.15, -0.1) is 0 Å². The molecule has 0 aromatic carbocycles. The van der Waals surface area contributed by atoms with Crippen molar-refractivity contribution in [1.29, 1.82) is 0 Å². The molecule has 0 saturated heterocycles. The first kappa shape index (κ1) is 10.2. The first-order valence-corrected chi connectivity index (χ1v) is 3.84. The maximum atomic E-state index is 11.3. The van der Waals surface area contributed by atoms with Gasteiger partial charge in [-0.05, 0) is 6.92 Å². The van der Waals surface area contributed by atoms with Gasteiger partial charge in [0.25, 0.3) is 0 Å². The van der Waals surface area contributed by atoms with E-state index < -0.39 is 0 Å². The van der Waals surface area contributed by atoms with Crippen LogP contribution in [-0.4, -0.2) is 24.8 Å². The molecule has 11 heavy (non-hydrogen) atoms. The molecule has 0 fully saturated rings. The van der Waals surface area contributed by atoms with Crippen LogP contribution in [0.4, 0.5) is 0 Å². The molecule has 0 heterocycles. The Hall–Kier alpha value is -0.790. The van der Waals surface area contributed by atoms with Crippen molar-refractivity contribution in [3.8, 4) is 0 Å². The fourth-order valence-electron chi connectivity index (χ4n) is 0.906. The Kier molecular flexibility index (Phi) is 3.86. The number of ketones is 1. The van der Waals surface area contributed by atoms with Crippen molar-refractivity contribution in [2.45, 2.75) is 20.8 Å². The average molecular weight is 155 g/mol. The van der Waals surface area contributed by atoms with Gasteiger partial charge in [-0.2, -0.15) is 0 Å². The largest absolute Gasteiger partial charge is 0.383 e. The fourth-order valence-corrected chi connectivity index (χ4v) is 0.906. The third-order valence-corrected chi connectivity index (χ3v) is 1.36. The molecule has 0 saturated carbocycles. The van der Waals surface area contributed by atoms with Crippen molar-refractivity contribution in [1.82, 2.24) is 4.90 Å². The van der Waals surface area contributed by atoms with E-state index in [2.05, 4.69) is 0 Å². The van der Waals surface area contributed by atoms with E-state index in [1.54, 1.807) is 0 Å². The normalized spacial score (nSPS) is 12.0. The van der Waals surface area contributed by atoms with Gasteiger partial charge < -0.3 is 4.90 Å². The summed E-state index contributed by atoms with van der Waals surface area (Å²) < 4.78 is 0. The quantitative estimate of drug-likeness (QED) is 0.578. The predicted octanol–water partition coefficient (Wildman–Crippen LogP) is 1.68. The highest BCUT2D eigenvalue weighted by Crippen LogP contribution is 2.04. The Bertz CT molecular complexity index is 168. The van der Waals surface area contributed by atoms with Crippen molar-refractivity contribution >= 4 is 5.78 Å². The van der Waals surface area contributed by atoms with Crippen molar-refractivity contribution in [3.63, 3.8) is 0 Å². The second-order valence-corrected chi connectivity index (χ2v) is 3.29. The molecule has 0 radical (unpaired) electrons. The lowest BCUT2D eigenvalue weighted by molar-refractivity contribution is -0.118. The van der Waals surface area contributed by atoms with E-state index >= 15 is 0 Å². The zero-order valence-corrected chi connectivity index (χ0v) is 8.01. The summed E-state index contributed by atoms with van der Waals surface area (Å²) in [6.45, 7) is 5.67. The van der Waals surface area contributed by atoms with Crippen LogP contribution in [-0.2, 0) is 4.79 Å². The molecule has 0 bridgehead atoms. The summed E-state index contributed by atoms with van der Waals surface area (Å²) in [6.07, 6.45) is 1.85. The van der Waals surface area contributed by atoms with Gasteiger partial charge in [0.15, 0.2) is 5.78 Å². The number of hydrogen-bond donors (Lipinski definition) is 0. The average Bonchev–Trinajstić information content (AvgIpc) is 1.84. The zero-order valence-electron chi connectivity index (χ0n) is 8.01. The Morgan fingerprint density at radius 3 is 2.09 bits per heavy atom. The molecular weight excluding hydrogens is 138 g/mol. The molecule has 0 N–H and O–H groups in total. The Morgan fingerprint density at radius 2 is 1.82 bits per heavy atom. The SMILES string of the molecule is CC(=CN(C)C)C(=O)C(C)C. The maximum absolute atomic E-state index is 11.3. The van der Waals surface area contributed by atoms with Crippen molar-refractivity contribution in [2.75, 3.05) is 14.1 Å². The number of allylic oxidation sites excluding steroid dienone is 1. The van der Waals surface area contributed by atoms with Gasteiger partial charge in [0.05, 0.1) is 0 Å². The zero-order chi connectivity index (χ0) is 9.02. The van der Waals surface area contributed by atoms with E-state index in [4.69, 9.17) is 0 Å². The summed E-state index contributed by atoms with van der Waals surface area (Å²) in [7, 11) is 3.83. The Balaban J connectivity index is 4.24. The minimum Gasteiger partial charge on any atom is -0.383 e. The van der Waals surface area contributed by atoms with Gasteiger partial charge in [0.1, 0.15) is 0 Å². The van der Waals surface area contributed by atoms with Crippen LogP contribution >= 0.6 is 0 Å². The number of nitrogens with zero attached hydrogens (tertiary/aromatic N) is 1. The predicted molar refractivity (Wildman–Crippen MR) is 47.3 cm³/mol. The number of rotatable bonds is 3. The molecule has 2 nitrogen and oxygen atoms in total. The first-order valence-electron chi connectivity index (χ1n) is 3.84. The standard InChI is InChI=1S/C9H17NO/c1-7(2)9(11)8(3)6-10(4)5/h6-7H,1-5H3. The third kappa shape index (κ3) is 3.81. The maximum Gasteiger partial charge on any atom is 0.162 e. The molecule has 0 spiro atoms. The van der Waals surface area contributed by atoms with Crippen LogP contribution in [0.3, 0.4) is 0 Å². The summed E-state index contributed by atoms with van der Waals surface area (Å²) >= 11 is 0. The minimum atomic E-state index is 0.103. The molecule has 0 rings (SSSR count). The summed E-state index contributed by atoms with van der Waals surface area (Å²) in [5.74, 6) is 0.324. The number of hydrogen-bond acceptors (Lipinski definition) is 2. The highest BCUT2D eigenvalue weighted by atomic mass is 16.1. The number of Topliss-reactive ketones (excluding diaryl/α,β-unsaturated/α-hetero) is 1. The molecule has 0 amide bonds. The lowest BCUT2D eigenvalue weighted by atomic mass is 10.0. The molecule has 0 aromatic rings. The number of carbonyl (C=O) groups is 1. The number of carbonyl (C=O) groups excluding carboxylic acids is 1. The fraction of sp³-hybridized carbons (Fsp3) is 0.667. The van der Waals surface area contributed by atoms with Crippen LogP contribution in [0, 0.1) is 5.92 Å². The van der Waals surface area contributed by atoms with Gasteiger partial charge in [-0.25, -0.2) is 0 Å². The minimum absolute atomic E-state index is 0.103. The van der Waals surface area contributed by atoms with Crippen LogP contribution in [0.2, 0.25) is 0 Å². The lowest BCUT2D eigenvalue weighted by Crippen LogP contribution is -2.11. The third-order valence-electron chi connectivity index (χ3n) is 1.36. The van der Waals surface area contributed by atoms with E-state index in [9.17, 15) is 4.79 Å². The Labute approximate surface area is 68.9 Å². The van der Waals surface area contributed by atoms with Gasteiger partial charge in [0, 0.05) is 31.8 Å². The van der Waals surface area contributed by atoms with E-state index in [1.807, 2.05) is 46.0 Å². The van der Waals surface area contributed by atoms with Crippen LogP contribution < -0.4 is 0 Å². The highest BCUT2D eigenvalue weighted by molar-refractivity contribution is 5.95. The van der Waals surface area contributed by atoms with E-state index in [0.717, 1.165) is 5.57 Å². The second kappa shape index (κ2) is 4.16. The smallest absolute Gasteiger partial charge is 0.162 e. The van der Waals surface area contributed by atoms with Gasteiger partial charge in [-0.1, -0.05) is 13.8 Å². The summed E-state index contributed by atoms with van der Waals surface area (Å²) in [6, 6.07) is 0. The van der Waals surface area contributed by atoms with Crippen LogP contribution in [0.25, 0.3) is 0 Å². The molecular formula is C9H17NO. The molecule has 0 aliphatic rings. The molecule has 0 aromatic heterocycles. The Morgan fingerprint density at radius 1 is 1.36 bits per heavy atom. The van der Waals surface area contributed by atoms with Gasteiger partial charge >= 0.3 is 0 Å². The van der Waals surface area contributed by atoms with E-state index in [-0.39, 0.29) is 11.7 Å². The first-order chi connectivity index (χ1) is 4.95. The summed E-state index contributed by atoms with van der Waals surface area (Å²) in [4.78, 5) is 13.2. The monoisotopic (exact) mass is 155 g/mol. The second-order valence-electron chi connectivity index (χ2n) is 3.29. The summed E-state index contributed by atoms with van der Waals surface area (Å²) in [5.41, 5.74) is 0.824. The van der Waals surface area contributed by atoms with E-state index in [0.29, 0.717) is 0 Å². The molecule has 2 heteroatoms. The van der Waals surface area contributed by atoms with Crippen LogP contribution in [0.5, 0.6) is 0 Å².